The minimum atomic E-state index is -0.498. The number of hydrogen-bond acceptors (Lipinski definition) is 5. The molecule has 0 radical (unpaired) electrons. The van der Waals surface area contributed by atoms with Gasteiger partial charge in [-0.3, -0.25) is 14.4 Å². The highest BCUT2D eigenvalue weighted by molar-refractivity contribution is 8.15. The van der Waals surface area contributed by atoms with Crippen LogP contribution in [0.3, 0.4) is 0 Å². The first kappa shape index (κ1) is 25.0. The molecule has 4 rings (SSSR count). The molecule has 8 heteroatoms. The van der Waals surface area contributed by atoms with E-state index in [4.69, 9.17) is 0 Å². The van der Waals surface area contributed by atoms with E-state index in [2.05, 4.69) is 39.6 Å². The molecule has 2 aliphatic rings. The van der Waals surface area contributed by atoms with Gasteiger partial charge in [0.1, 0.15) is 5.25 Å². The van der Waals surface area contributed by atoms with Crippen LogP contribution < -0.4 is 10.6 Å². The van der Waals surface area contributed by atoms with Gasteiger partial charge in [-0.15, -0.1) is 0 Å². The van der Waals surface area contributed by atoms with E-state index in [1.807, 2.05) is 18.2 Å². The maximum absolute atomic E-state index is 12.8. The molecule has 2 unspecified atom stereocenters. The quantitative estimate of drug-likeness (QED) is 0.569. The molecule has 0 aliphatic carbocycles. The van der Waals surface area contributed by atoms with Crippen molar-refractivity contribution in [2.45, 2.75) is 50.2 Å². The lowest BCUT2D eigenvalue weighted by Gasteiger charge is -2.27. The minimum absolute atomic E-state index is 0.0516. The molecule has 2 aliphatic heterocycles. The Hall–Kier alpha value is -3.13. The number of piperidine rings is 1. The van der Waals surface area contributed by atoms with Crippen LogP contribution >= 0.6 is 11.8 Å². The zero-order valence-electron chi connectivity index (χ0n) is 20.0. The number of amides is 3. The number of carbonyl (C=O) groups excluding carboxylic acids is 3. The molecule has 0 saturated carbocycles. The number of nitrogens with one attached hydrogen (secondary N) is 2. The summed E-state index contributed by atoms with van der Waals surface area (Å²) in [6.45, 7) is 4.47. The third-order valence-corrected chi connectivity index (χ3v) is 7.62. The number of carbonyl (C=O) groups is 3. The molecule has 2 N–H and O–H groups in total. The van der Waals surface area contributed by atoms with Crippen molar-refractivity contribution >= 4 is 40.3 Å². The average molecular weight is 493 g/mol. The van der Waals surface area contributed by atoms with Crippen LogP contribution in [0.2, 0.25) is 0 Å². The van der Waals surface area contributed by atoms with E-state index < -0.39 is 5.25 Å². The second kappa shape index (κ2) is 12.0. The fourth-order valence-corrected chi connectivity index (χ4v) is 5.51. The number of amidine groups is 1. The zero-order valence-corrected chi connectivity index (χ0v) is 20.9. The highest BCUT2D eigenvalue weighted by Crippen LogP contribution is 2.29. The van der Waals surface area contributed by atoms with Crippen molar-refractivity contribution in [1.29, 1.82) is 0 Å². The maximum atomic E-state index is 12.8. The number of rotatable bonds is 8. The third kappa shape index (κ3) is 6.72. The Morgan fingerprint density at radius 2 is 1.86 bits per heavy atom. The van der Waals surface area contributed by atoms with E-state index in [1.54, 1.807) is 24.3 Å². The second-order valence-electron chi connectivity index (χ2n) is 8.95. The molecule has 184 valence electrons. The van der Waals surface area contributed by atoms with Gasteiger partial charge < -0.3 is 15.5 Å². The number of thioether (sulfide) groups is 1. The molecule has 7 nitrogen and oxygen atoms in total. The minimum Gasteiger partial charge on any atom is -0.351 e. The van der Waals surface area contributed by atoms with Crippen molar-refractivity contribution in [1.82, 2.24) is 10.2 Å². The monoisotopic (exact) mass is 492 g/mol. The van der Waals surface area contributed by atoms with Crippen LogP contribution in [0, 0.1) is 0 Å². The van der Waals surface area contributed by atoms with E-state index in [9.17, 15) is 14.4 Å². The Morgan fingerprint density at radius 1 is 1.09 bits per heavy atom. The van der Waals surface area contributed by atoms with E-state index >= 15 is 0 Å². The molecule has 1 saturated heterocycles. The fourth-order valence-electron chi connectivity index (χ4n) is 4.39. The van der Waals surface area contributed by atoms with Gasteiger partial charge >= 0.3 is 0 Å². The SMILES string of the molecule is CCC(CNC(=O)c1cccc(NC(=O)CC2SC(N3CCCCC3)=NC2=O)c1)c1ccccc1. The van der Waals surface area contributed by atoms with Gasteiger partial charge in [0.25, 0.3) is 11.8 Å². The van der Waals surface area contributed by atoms with Crippen LogP contribution in [0.25, 0.3) is 0 Å². The van der Waals surface area contributed by atoms with Crippen LogP contribution in [-0.2, 0) is 9.59 Å². The maximum Gasteiger partial charge on any atom is 0.262 e. The molecule has 0 bridgehead atoms. The first-order valence-electron chi connectivity index (χ1n) is 12.3. The predicted octanol–water partition coefficient (Wildman–Crippen LogP) is 4.42. The number of anilines is 1. The van der Waals surface area contributed by atoms with Crippen LogP contribution in [-0.4, -0.2) is 52.7 Å². The highest BCUT2D eigenvalue weighted by atomic mass is 32.2. The molecule has 35 heavy (non-hydrogen) atoms. The largest absolute Gasteiger partial charge is 0.351 e. The van der Waals surface area contributed by atoms with Gasteiger partial charge in [-0.2, -0.15) is 4.99 Å². The Labute approximate surface area is 210 Å². The van der Waals surface area contributed by atoms with Crippen molar-refractivity contribution in [3.05, 3.63) is 65.7 Å². The first-order valence-corrected chi connectivity index (χ1v) is 13.2. The summed E-state index contributed by atoms with van der Waals surface area (Å²) in [4.78, 5) is 44.1. The van der Waals surface area contributed by atoms with Crippen molar-refractivity contribution < 1.29 is 14.4 Å². The Morgan fingerprint density at radius 3 is 2.60 bits per heavy atom. The van der Waals surface area contributed by atoms with Crippen LogP contribution in [0.1, 0.15) is 60.9 Å². The average Bonchev–Trinajstić information content (AvgIpc) is 3.25. The lowest BCUT2D eigenvalue weighted by atomic mass is 9.96. The summed E-state index contributed by atoms with van der Waals surface area (Å²) in [5.41, 5.74) is 2.21. The van der Waals surface area contributed by atoms with Crippen LogP contribution in [0.4, 0.5) is 5.69 Å². The third-order valence-electron chi connectivity index (χ3n) is 6.41. The summed E-state index contributed by atoms with van der Waals surface area (Å²) >= 11 is 1.38. The Bertz CT molecular complexity index is 1080. The Kier molecular flexibility index (Phi) is 8.58. The van der Waals surface area contributed by atoms with Crippen LogP contribution in [0.15, 0.2) is 59.6 Å². The molecular formula is C27H32N4O3S. The fraction of sp³-hybridized carbons (Fsp3) is 0.407. The summed E-state index contributed by atoms with van der Waals surface area (Å²) in [7, 11) is 0. The smallest absolute Gasteiger partial charge is 0.262 e. The highest BCUT2D eigenvalue weighted by Gasteiger charge is 2.33. The van der Waals surface area contributed by atoms with Crippen LogP contribution in [0.5, 0.6) is 0 Å². The molecule has 0 aromatic heterocycles. The molecule has 2 aromatic rings. The Balaban J connectivity index is 1.29. The van der Waals surface area contributed by atoms with Crippen molar-refractivity contribution in [2.75, 3.05) is 25.0 Å². The zero-order chi connectivity index (χ0) is 24.6. The molecule has 0 spiro atoms. The van der Waals surface area contributed by atoms with Gasteiger partial charge in [0.15, 0.2) is 5.17 Å². The summed E-state index contributed by atoms with van der Waals surface area (Å²) in [5.74, 6) is -0.459. The van der Waals surface area contributed by atoms with Gasteiger partial charge in [0, 0.05) is 43.2 Å². The molecule has 2 heterocycles. The van der Waals surface area contributed by atoms with E-state index in [0.717, 1.165) is 37.5 Å². The molecular weight excluding hydrogens is 460 g/mol. The van der Waals surface area contributed by atoms with Gasteiger partial charge in [0.2, 0.25) is 5.91 Å². The van der Waals surface area contributed by atoms with E-state index in [-0.39, 0.29) is 30.1 Å². The summed E-state index contributed by atoms with van der Waals surface area (Å²) in [6.07, 6.45) is 4.39. The molecule has 1 fully saturated rings. The number of nitrogens with zero attached hydrogens (tertiary/aromatic N) is 2. The normalized spacial score (nSPS) is 18.7. The predicted molar refractivity (Wildman–Crippen MR) is 141 cm³/mol. The van der Waals surface area contributed by atoms with E-state index in [1.165, 1.54) is 23.7 Å². The van der Waals surface area contributed by atoms with Crippen molar-refractivity contribution in [3.8, 4) is 0 Å². The van der Waals surface area contributed by atoms with Gasteiger partial charge in [-0.1, -0.05) is 55.1 Å². The second-order valence-corrected chi connectivity index (χ2v) is 10.1. The number of benzene rings is 2. The summed E-state index contributed by atoms with van der Waals surface area (Å²) in [5, 5.41) is 6.09. The van der Waals surface area contributed by atoms with Crippen molar-refractivity contribution in [2.24, 2.45) is 4.99 Å². The number of aliphatic imine (C=N–C) groups is 1. The summed E-state index contributed by atoms with van der Waals surface area (Å²) in [6, 6.07) is 17.0. The van der Waals surface area contributed by atoms with Gasteiger partial charge in [-0.25, -0.2) is 0 Å². The first-order chi connectivity index (χ1) is 17.0. The standard InChI is InChI=1S/C27H32N4O3S/c1-2-19(20-10-5-3-6-11-20)18-28-25(33)21-12-9-13-22(16-21)29-24(32)17-23-26(34)30-27(35-23)31-14-7-4-8-15-31/h3,5-6,9-13,16,19,23H,2,4,7-8,14-15,17-18H2,1H3,(H,28,33)(H,29,32). The molecule has 2 atom stereocenters. The summed E-state index contributed by atoms with van der Waals surface area (Å²) < 4.78 is 0. The van der Waals surface area contributed by atoms with Crippen molar-refractivity contribution in [3.63, 3.8) is 0 Å². The molecule has 3 amide bonds. The lowest BCUT2D eigenvalue weighted by Crippen LogP contribution is -2.33. The topological polar surface area (TPSA) is 90.9 Å². The molecule has 2 aromatic carbocycles. The lowest BCUT2D eigenvalue weighted by molar-refractivity contribution is -0.121. The number of likely N-dealkylation sites (tertiary alicyclic amines) is 1. The number of hydrogen-bond donors (Lipinski definition) is 2. The van der Waals surface area contributed by atoms with E-state index in [0.29, 0.717) is 17.8 Å². The van der Waals surface area contributed by atoms with Gasteiger partial charge in [0.05, 0.1) is 0 Å². The van der Waals surface area contributed by atoms with Gasteiger partial charge in [-0.05, 0) is 49.4 Å².